The van der Waals surface area contributed by atoms with E-state index in [2.05, 4.69) is 13.8 Å². The minimum atomic E-state index is 0.534. The molecule has 1 aromatic rings. The Kier molecular flexibility index (Phi) is 3.88. The van der Waals surface area contributed by atoms with Crippen LogP contribution in [-0.4, -0.2) is 0 Å². The highest BCUT2D eigenvalue weighted by molar-refractivity contribution is 7.20. The molecule has 0 saturated heterocycles. The van der Waals surface area contributed by atoms with E-state index >= 15 is 0 Å². The minimum absolute atomic E-state index is 0.534. The van der Waals surface area contributed by atoms with Crippen molar-refractivity contribution in [3.05, 3.63) is 20.3 Å². The van der Waals surface area contributed by atoms with Gasteiger partial charge in [-0.15, -0.1) is 11.3 Å². The molecule has 0 aliphatic rings. The maximum atomic E-state index is 6.01. The van der Waals surface area contributed by atoms with Crippen LogP contribution in [0.15, 0.2) is 6.07 Å². The van der Waals surface area contributed by atoms with E-state index in [-0.39, 0.29) is 0 Å². The Balaban J connectivity index is 2.79. The molecular formula is C9H12Cl2S. The predicted octanol–water partition coefficient (Wildman–Crippen LogP) is 4.96. The van der Waals surface area contributed by atoms with Gasteiger partial charge in [0.1, 0.15) is 0 Å². The minimum Gasteiger partial charge on any atom is -0.111 e. The normalized spacial score (nSPS) is 13.3. The van der Waals surface area contributed by atoms with Crippen LogP contribution in [0, 0.1) is 0 Å². The lowest BCUT2D eigenvalue weighted by atomic mass is 10.00. The maximum absolute atomic E-state index is 6.01. The molecule has 3 heteroatoms. The molecule has 0 bridgehead atoms. The van der Waals surface area contributed by atoms with Crippen LogP contribution in [0.25, 0.3) is 0 Å². The van der Waals surface area contributed by atoms with E-state index in [0.29, 0.717) is 5.92 Å². The number of rotatable bonds is 3. The monoisotopic (exact) mass is 222 g/mol. The molecule has 0 aliphatic carbocycles. The van der Waals surface area contributed by atoms with Crippen molar-refractivity contribution in [3.63, 3.8) is 0 Å². The van der Waals surface area contributed by atoms with Gasteiger partial charge in [0.2, 0.25) is 0 Å². The number of hydrogen-bond acceptors (Lipinski definition) is 1. The standard InChI is InChI=1S/C9H12Cl2S/c1-3-4-6(2)7-5-8(10)12-9(7)11/h5-6H,3-4H2,1-2H3. The van der Waals surface area contributed by atoms with Crippen LogP contribution in [0.3, 0.4) is 0 Å². The first-order chi connectivity index (χ1) is 5.65. The highest BCUT2D eigenvalue weighted by Crippen LogP contribution is 2.37. The van der Waals surface area contributed by atoms with E-state index in [4.69, 9.17) is 23.2 Å². The first kappa shape index (κ1) is 10.4. The summed E-state index contributed by atoms with van der Waals surface area (Å²) in [5.74, 6) is 0.534. The average Bonchev–Trinajstić information content (AvgIpc) is 2.30. The lowest BCUT2D eigenvalue weighted by molar-refractivity contribution is 0.667. The highest BCUT2D eigenvalue weighted by Gasteiger charge is 2.11. The maximum Gasteiger partial charge on any atom is 0.0978 e. The Bertz CT molecular complexity index is 255. The fourth-order valence-corrected chi connectivity index (χ4v) is 2.97. The Hall–Kier alpha value is 0.280. The summed E-state index contributed by atoms with van der Waals surface area (Å²) < 4.78 is 1.64. The van der Waals surface area contributed by atoms with Crippen LogP contribution in [0.2, 0.25) is 8.67 Å². The first-order valence-electron chi connectivity index (χ1n) is 4.09. The molecule has 68 valence electrons. The van der Waals surface area contributed by atoms with Gasteiger partial charge in [-0.05, 0) is 24.0 Å². The van der Waals surface area contributed by atoms with Crippen molar-refractivity contribution in [2.24, 2.45) is 0 Å². The Morgan fingerprint density at radius 2 is 2.17 bits per heavy atom. The van der Waals surface area contributed by atoms with Crippen molar-refractivity contribution in [1.29, 1.82) is 0 Å². The number of halogens is 2. The van der Waals surface area contributed by atoms with Crippen LogP contribution >= 0.6 is 34.5 Å². The second-order valence-corrected chi connectivity index (χ2v) is 5.25. The Morgan fingerprint density at radius 3 is 2.58 bits per heavy atom. The smallest absolute Gasteiger partial charge is 0.0978 e. The highest BCUT2D eigenvalue weighted by atomic mass is 35.5. The molecule has 1 atom stereocenters. The molecule has 12 heavy (non-hydrogen) atoms. The van der Waals surface area contributed by atoms with Gasteiger partial charge in [-0.2, -0.15) is 0 Å². The summed E-state index contributed by atoms with van der Waals surface area (Å²) in [6.45, 7) is 4.37. The molecule has 0 nitrogen and oxygen atoms in total. The predicted molar refractivity (Wildman–Crippen MR) is 57.7 cm³/mol. The molecule has 1 rings (SSSR count). The van der Waals surface area contributed by atoms with Gasteiger partial charge >= 0.3 is 0 Å². The summed E-state index contributed by atoms with van der Waals surface area (Å²) >= 11 is 13.3. The van der Waals surface area contributed by atoms with E-state index in [0.717, 1.165) is 8.67 Å². The first-order valence-corrected chi connectivity index (χ1v) is 5.67. The van der Waals surface area contributed by atoms with Crippen molar-refractivity contribution in [2.75, 3.05) is 0 Å². The number of hydrogen-bond donors (Lipinski definition) is 0. The van der Waals surface area contributed by atoms with Crippen molar-refractivity contribution in [2.45, 2.75) is 32.6 Å². The van der Waals surface area contributed by atoms with Crippen molar-refractivity contribution in [1.82, 2.24) is 0 Å². The van der Waals surface area contributed by atoms with E-state index < -0.39 is 0 Å². The molecule has 0 aliphatic heterocycles. The topological polar surface area (TPSA) is 0 Å². The van der Waals surface area contributed by atoms with Gasteiger partial charge in [0.15, 0.2) is 0 Å². The van der Waals surface area contributed by atoms with Gasteiger partial charge in [-0.25, -0.2) is 0 Å². The lowest BCUT2D eigenvalue weighted by Gasteiger charge is -2.07. The summed E-state index contributed by atoms with van der Waals surface area (Å²) in [5, 5.41) is 0. The zero-order chi connectivity index (χ0) is 9.14. The molecule has 0 N–H and O–H groups in total. The largest absolute Gasteiger partial charge is 0.111 e. The second kappa shape index (κ2) is 4.50. The quantitative estimate of drug-likeness (QED) is 0.679. The molecule has 0 fully saturated rings. The van der Waals surface area contributed by atoms with Crippen LogP contribution in [0.4, 0.5) is 0 Å². The van der Waals surface area contributed by atoms with Crippen LogP contribution in [0.5, 0.6) is 0 Å². The van der Waals surface area contributed by atoms with Crippen molar-refractivity contribution in [3.8, 4) is 0 Å². The molecule has 0 aromatic carbocycles. The summed E-state index contributed by atoms with van der Waals surface area (Å²) in [7, 11) is 0. The Labute approximate surface area is 87.5 Å². The second-order valence-electron chi connectivity index (χ2n) is 2.97. The zero-order valence-electron chi connectivity index (χ0n) is 7.23. The van der Waals surface area contributed by atoms with Crippen LogP contribution < -0.4 is 0 Å². The molecule has 1 heterocycles. The third kappa shape index (κ3) is 2.38. The molecular weight excluding hydrogens is 211 g/mol. The summed E-state index contributed by atoms with van der Waals surface area (Å²) in [4.78, 5) is 0. The van der Waals surface area contributed by atoms with Gasteiger partial charge in [0, 0.05) is 0 Å². The fraction of sp³-hybridized carbons (Fsp3) is 0.556. The van der Waals surface area contributed by atoms with E-state index in [9.17, 15) is 0 Å². The third-order valence-corrected chi connectivity index (χ3v) is 3.45. The van der Waals surface area contributed by atoms with E-state index in [1.165, 1.54) is 29.7 Å². The molecule has 0 amide bonds. The summed E-state index contributed by atoms with van der Waals surface area (Å²) in [6.07, 6.45) is 2.36. The van der Waals surface area contributed by atoms with Gasteiger partial charge in [-0.3, -0.25) is 0 Å². The third-order valence-electron chi connectivity index (χ3n) is 1.94. The summed E-state index contributed by atoms with van der Waals surface area (Å²) in [6, 6.07) is 1.98. The number of thiophene rings is 1. The van der Waals surface area contributed by atoms with Crippen LogP contribution in [-0.2, 0) is 0 Å². The van der Waals surface area contributed by atoms with Crippen molar-refractivity contribution < 1.29 is 0 Å². The zero-order valence-corrected chi connectivity index (χ0v) is 9.56. The lowest BCUT2D eigenvalue weighted by Crippen LogP contribution is -1.90. The molecule has 0 spiro atoms. The Morgan fingerprint density at radius 1 is 1.50 bits per heavy atom. The van der Waals surface area contributed by atoms with Gasteiger partial charge < -0.3 is 0 Å². The SMILES string of the molecule is CCCC(C)c1cc(Cl)sc1Cl. The van der Waals surface area contributed by atoms with Gasteiger partial charge in [0.25, 0.3) is 0 Å². The molecule has 0 radical (unpaired) electrons. The van der Waals surface area contributed by atoms with Gasteiger partial charge in [0.05, 0.1) is 8.67 Å². The van der Waals surface area contributed by atoms with E-state index in [1.807, 2.05) is 6.07 Å². The van der Waals surface area contributed by atoms with Gasteiger partial charge in [-0.1, -0.05) is 43.5 Å². The van der Waals surface area contributed by atoms with E-state index in [1.54, 1.807) is 0 Å². The summed E-state index contributed by atoms with van der Waals surface area (Å²) in [5.41, 5.74) is 1.20. The molecule has 1 unspecified atom stereocenters. The fourth-order valence-electron chi connectivity index (χ4n) is 1.28. The molecule has 0 saturated carbocycles. The average molecular weight is 223 g/mol. The van der Waals surface area contributed by atoms with Crippen molar-refractivity contribution >= 4 is 34.5 Å². The van der Waals surface area contributed by atoms with Crippen LogP contribution in [0.1, 0.15) is 38.2 Å². The molecule has 1 aromatic heterocycles.